The second-order valence-corrected chi connectivity index (χ2v) is 4.80. The highest BCUT2D eigenvalue weighted by Crippen LogP contribution is 2.20. The maximum Gasteiger partial charge on any atom is 0.255 e. The van der Waals surface area contributed by atoms with Crippen molar-refractivity contribution < 1.29 is 4.79 Å². The zero-order valence-corrected chi connectivity index (χ0v) is 11.3. The maximum absolute atomic E-state index is 12.2. The number of amides is 1. The normalized spacial score (nSPS) is 11.9. The molecule has 100 valence electrons. The largest absolute Gasteiger partial charge is 0.343 e. The smallest absolute Gasteiger partial charge is 0.255 e. The second kappa shape index (κ2) is 6.26. The van der Waals surface area contributed by atoms with E-state index in [1.165, 1.54) is 17.5 Å². The number of nitrogens with one attached hydrogen (secondary N) is 2. The first-order chi connectivity index (χ1) is 9.26. The van der Waals surface area contributed by atoms with Crippen molar-refractivity contribution in [2.24, 2.45) is 5.84 Å². The van der Waals surface area contributed by atoms with Gasteiger partial charge in [0.2, 0.25) is 0 Å². The Kier molecular flexibility index (Phi) is 4.43. The van der Waals surface area contributed by atoms with E-state index in [1.807, 2.05) is 12.3 Å². The molecule has 2 aromatic rings. The van der Waals surface area contributed by atoms with Crippen LogP contribution in [0.3, 0.4) is 0 Å². The zero-order valence-electron chi connectivity index (χ0n) is 10.5. The Morgan fingerprint density at radius 1 is 1.53 bits per heavy atom. The molecule has 0 aliphatic rings. The number of pyridine rings is 1. The van der Waals surface area contributed by atoms with Crippen molar-refractivity contribution in [1.82, 2.24) is 15.3 Å². The van der Waals surface area contributed by atoms with Gasteiger partial charge in [-0.05, 0) is 12.5 Å². The van der Waals surface area contributed by atoms with Gasteiger partial charge in [-0.1, -0.05) is 6.92 Å². The molecule has 0 spiro atoms. The minimum atomic E-state index is -0.219. The highest BCUT2D eigenvalue weighted by atomic mass is 32.1. The molecule has 19 heavy (non-hydrogen) atoms. The molecule has 6 nitrogen and oxygen atoms in total. The van der Waals surface area contributed by atoms with Gasteiger partial charge in [-0.25, -0.2) is 4.98 Å². The molecule has 2 rings (SSSR count). The molecule has 2 aromatic heterocycles. The van der Waals surface area contributed by atoms with E-state index in [0.29, 0.717) is 11.3 Å². The molecule has 0 aromatic carbocycles. The molecule has 0 aliphatic carbocycles. The lowest BCUT2D eigenvalue weighted by Gasteiger charge is -2.15. The van der Waals surface area contributed by atoms with Gasteiger partial charge in [-0.3, -0.25) is 15.6 Å². The van der Waals surface area contributed by atoms with Crippen LogP contribution in [0.25, 0.3) is 0 Å². The fourth-order valence-electron chi connectivity index (χ4n) is 1.68. The second-order valence-electron chi connectivity index (χ2n) is 3.87. The van der Waals surface area contributed by atoms with Crippen LogP contribution < -0.4 is 16.6 Å². The van der Waals surface area contributed by atoms with Crippen molar-refractivity contribution in [3.05, 3.63) is 40.6 Å². The van der Waals surface area contributed by atoms with Crippen molar-refractivity contribution in [3.8, 4) is 0 Å². The predicted molar refractivity (Wildman–Crippen MR) is 74.7 cm³/mol. The number of rotatable bonds is 5. The summed E-state index contributed by atoms with van der Waals surface area (Å²) in [5.74, 6) is 5.16. The molecule has 2 heterocycles. The van der Waals surface area contributed by atoms with E-state index < -0.39 is 0 Å². The number of nitrogens with two attached hydrogens (primary N) is 1. The van der Waals surface area contributed by atoms with E-state index in [0.717, 1.165) is 11.4 Å². The molecular weight excluding hydrogens is 262 g/mol. The third-order valence-corrected chi connectivity index (χ3v) is 3.57. The van der Waals surface area contributed by atoms with Crippen LogP contribution in [0.4, 0.5) is 5.69 Å². The Morgan fingerprint density at radius 2 is 2.37 bits per heavy atom. The summed E-state index contributed by atoms with van der Waals surface area (Å²) < 4.78 is 0. The van der Waals surface area contributed by atoms with Crippen LogP contribution in [-0.2, 0) is 0 Å². The molecule has 0 aliphatic heterocycles. The van der Waals surface area contributed by atoms with Gasteiger partial charge in [0.15, 0.2) is 0 Å². The minimum Gasteiger partial charge on any atom is -0.343 e. The third kappa shape index (κ3) is 3.07. The van der Waals surface area contributed by atoms with Crippen molar-refractivity contribution in [2.45, 2.75) is 19.4 Å². The summed E-state index contributed by atoms with van der Waals surface area (Å²) in [6, 6.07) is 1.55. The number of aromatic nitrogens is 2. The van der Waals surface area contributed by atoms with Crippen LogP contribution >= 0.6 is 11.3 Å². The van der Waals surface area contributed by atoms with Gasteiger partial charge < -0.3 is 10.7 Å². The highest BCUT2D eigenvalue weighted by molar-refractivity contribution is 7.09. The molecule has 0 saturated heterocycles. The summed E-state index contributed by atoms with van der Waals surface area (Å²) in [6.07, 6.45) is 5.56. The summed E-state index contributed by atoms with van der Waals surface area (Å²) in [5, 5.41) is 5.71. The number of nitrogen functional groups attached to an aromatic ring is 1. The number of carbonyl (C=O) groups excluding carboxylic acids is 1. The lowest BCUT2D eigenvalue weighted by Crippen LogP contribution is -2.29. The summed E-state index contributed by atoms with van der Waals surface area (Å²) >= 11 is 1.52. The molecule has 4 N–H and O–H groups in total. The van der Waals surface area contributed by atoms with Gasteiger partial charge in [-0.15, -0.1) is 11.3 Å². The average Bonchev–Trinajstić information content (AvgIpc) is 2.98. The van der Waals surface area contributed by atoms with Crippen molar-refractivity contribution in [3.63, 3.8) is 0 Å². The Balaban J connectivity index is 2.16. The van der Waals surface area contributed by atoms with Crippen LogP contribution in [0.5, 0.6) is 0 Å². The molecule has 0 radical (unpaired) electrons. The van der Waals surface area contributed by atoms with E-state index in [4.69, 9.17) is 5.84 Å². The molecule has 0 fully saturated rings. The van der Waals surface area contributed by atoms with Gasteiger partial charge in [-0.2, -0.15) is 0 Å². The fraction of sp³-hybridized carbons (Fsp3) is 0.250. The fourth-order valence-corrected chi connectivity index (χ4v) is 2.45. The molecule has 1 atom stereocenters. The van der Waals surface area contributed by atoms with Crippen molar-refractivity contribution in [1.29, 1.82) is 0 Å². The van der Waals surface area contributed by atoms with Crippen molar-refractivity contribution in [2.75, 3.05) is 5.43 Å². The number of hydrazine groups is 1. The number of carbonyl (C=O) groups is 1. The SMILES string of the molecule is CCC(NC(=O)c1cnccc1NN)c1nccs1. The Bertz CT molecular complexity index is 543. The lowest BCUT2D eigenvalue weighted by atomic mass is 10.2. The molecule has 0 bridgehead atoms. The Morgan fingerprint density at radius 3 is 3.00 bits per heavy atom. The molecule has 0 saturated carbocycles. The minimum absolute atomic E-state index is 0.0988. The number of hydrogen-bond acceptors (Lipinski definition) is 6. The standard InChI is InChI=1S/C12H15N5OS/c1-2-9(12-15-5-6-19-12)16-11(18)8-7-14-4-3-10(8)17-13/h3-7,9H,2,13H2,1H3,(H,14,17)(H,16,18). The van der Waals surface area contributed by atoms with Gasteiger partial charge in [0, 0.05) is 24.0 Å². The monoisotopic (exact) mass is 277 g/mol. The zero-order chi connectivity index (χ0) is 13.7. The molecular formula is C12H15N5OS. The first-order valence-electron chi connectivity index (χ1n) is 5.87. The highest BCUT2D eigenvalue weighted by Gasteiger charge is 2.18. The predicted octanol–water partition coefficient (Wildman–Crippen LogP) is 1.70. The third-order valence-electron chi connectivity index (χ3n) is 2.68. The van der Waals surface area contributed by atoms with E-state index in [1.54, 1.807) is 18.5 Å². The van der Waals surface area contributed by atoms with Gasteiger partial charge in [0.25, 0.3) is 5.91 Å². The maximum atomic E-state index is 12.2. The van der Waals surface area contributed by atoms with E-state index >= 15 is 0 Å². The van der Waals surface area contributed by atoms with Crippen LogP contribution in [0.15, 0.2) is 30.0 Å². The van der Waals surface area contributed by atoms with E-state index in [9.17, 15) is 4.79 Å². The average molecular weight is 277 g/mol. The van der Waals surface area contributed by atoms with E-state index in [-0.39, 0.29) is 11.9 Å². The Hall–Kier alpha value is -1.99. The number of nitrogens with zero attached hydrogens (tertiary/aromatic N) is 2. The summed E-state index contributed by atoms with van der Waals surface area (Å²) in [6.45, 7) is 2.00. The topological polar surface area (TPSA) is 92.9 Å². The van der Waals surface area contributed by atoms with Gasteiger partial charge in [0.1, 0.15) is 5.01 Å². The van der Waals surface area contributed by atoms with Crippen LogP contribution in [-0.4, -0.2) is 15.9 Å². The first kappa shape index (κ1) is 13.4. The van der Waals surface area contributed by atoms with Crippen molar-refractivity contribution >= 4 is 22.9 Å². The quantitative estimate of drug-likeness (QED) is 0.571. The lowest BCUT2D eigenvalue weighted by molar-refractivity contribution is 0.0936. The first-order valence-corrected chi connectivity index (χ1v) is 6.75. The van der Waals surface area contributed by atoms with Gasteiger partial charge in [0.05, 0.1) is 17.3 Å². The van der Waals surface area contributed by atoms with Gasteiger partial charge >= 0.3 is 0 Å². The van der Waals surface area contributed by atoms with Crippen LogP contribution in [0.1, 0.15) is 34.8 Å². The number of anilines is 1. The van der Waals surface area contributed by atoms with Crippen LogP contribution in [0.2, 0.25) is 0 Å². The number of hydrogen-bond donors (Lipinski definition) is 3. The molecule has 1 amide bonds. The summed E-state index contributed by atoms with van der Waals surface area (Å²) in [5.41, 5.74) is 3.45. The van der Waals surface area contributed by atoms with E-state index in [2.05, 4.69) is 20.7 Å². The van der Waals surface area contributed by atoms with Crippen LogP contribution in [0, 0.1) is 0 Å². The Labute approximate surface area is 115 Å². The molecule has 7 heteroatoms. The molecule has 1 unspecified atom stereocenters. The number of thiazole rings is 1. The summed E-state index contributed by atoms with van der Waals surface area (Å²) in [4.78, 5) is 20.4. The summed E-state index contributed by atoms with van der Waals surface area (Å²) in [7, 11) is 0.